The molecule has 1 aromatic rings. The highest BCUT2D eigenvalue weighted by molar-refractivity contribution is 5.85. The molecule has 0 saturated heterocycles. The highest BCUT2D eigenvalue weighted by atomic mass is 16.4. The second-order valence-electron chi connectivity index (χ2n) is 3.45. The lowest BCUT2D eigenvalue weighted by Gasteiger charge is -2.12. The van der Waals surface area contributed by atoms with Gasteiger partial charge in [-0.15, -0.1) is 0 Å². The van der Waals surface area contributed by atoms with Crippen molar-refractivity contribution in [3.63, 3.8) is 0 Å². The third kappa shape index (κ3) is 2.66. The summed E-state index contributed by atoms with van der Waals surface area (Å²) in [5.74, 6) is -1.29. The molecule has 0 spiro atoms. The quantitative estimate of drug-likeness (QED) is 0.744. The van der Waals surface area contributed by atoms with Gasteiger partial charge in [0.1, 0.15) is 5.69 Å². The standard InChI is InChI=1S/C10H13NO4/c1-7(6-12)5-11-8(10(14)15)3-2-4-9(11)13/h2-4,7,12H,5-6H2,1H3,(H,14,15). The van der Waals surface area contributed by atoms with Gasteiger partial charge in [0.05, 0.1) is 0 Å². The molecule has 5 nitrogen and oxygen atoms in total. The van der Waals surface area contributed by atoms with Crippen LogP contribution in [0.25, 0.3) is 0 Å². The van der Waals surface area contributed by atoms with Gasteiger partial charge in [-0.1, -0.05) is 13.0 Å². The van der Waals surface area contributed by atoms with E-state index in [0.29, 0.717) is 0 Å². The van der Waals surface area contributed by atoms with Crippen molar-refractivity contribution >= 4 is 5.97 Å². The summed E-state index contributed by atoms with van der Waals surface area (Å²) in [5.41, 5.74) is -0.419. The molecule has 1 unspecified atom stereocenters. The van der Waals surface area contributed by atoms with Crippen molar-refractivity contribution < 1.29 is 15.0 Å². The SMILES string of the molecule is CC(CO)Cn1c(C(=O)O)cccc1=O. The van der Waals surface area contributed by atoms with E-state index in [1.165, 1.54) is 18.2 Å². The zero-order chi connectivity index (χ0) is 11.4. The van der Waals surface area contributed by atoms with Crippen molar-refractivity contribution in [3.8, 4) is 0 Å². The zero-order valence-electron chi connectivity index (χ0n) is 8.38. The molecule has 0 amide bonds. The van der Waals surface area contributed by atoms with Crippen LogP contribution in [0.4, 0.5) is 0 Å². The third-order valence-corrected chi connectivity index (χ3v) is 2.07. The van der Waals surface area contributed by atoms with Gasteiger partial charge in [0, 0.05) is 19.2 Å². The summed E-state index contributed by atoms with van der Waals surface area (Å²) in [4.78, 5) is 22.2. The van der Waals surface area contributed by atoms with Gasteiger partial charge in [-0.3, -0.25) is 4.79 Å². The maximum atomic E-state index is 11.4. The van der Waals surface area contributed by atoms with Crippen LogP contribution in [0.15, 0.2) is 23.0 Å². The lowest BCUT2D eigenvalue weighted by atomic mass is 10.2. The molecular weight excluding hydrogens is 198 g/mol. The first-order valence-electron chi connectivity index (χ1n) is 4.60. The van der Waals surface area contributed by atoms with Crippen LogP contribution in [-0.4, -0.2) is 27.4 Å². The van der Waals surface area contributed by atoms with Crippen molar-refractivity contribution in [2.24, 2.45) is 5.92 Å². The normalized spacial score (nSPS) is 12.4. The van der Waals surface area contributed by atoms with Crippen LogP contribution in [-0.2, 0) is 6.54 Å². The first kappa shape index (κ1) is 11.5. The van der Waals surface area contributed by atoms with Crippen molar-refractivity contribution in [1.82, 2.24) is 4.57 Å². The number of nitrogens with zero attached hydrogens (tertiary/aromatic N) is 1. The van der Waals surface area contributed by atoms with Crippen LogP contribution in [0.2, 0.25) is 0 Å². The van der Waals surface area contributed by atoms with Gasteiger partial charge in [-0.05, 0) is 12.0 Å². The fourth-order valence-electron chi connectivity index (χ4n) is 1.26. The molecule has 1 rings (SSSR count). The Kier molecular flexibility index (Phi) is 3.62. The first-order valence-corrected chi connectivity index (χ1v) is 4.60. The van der Waals surface area contributed by atoms with E-state index in [0.717, 1.165) is 4.57 Å². The number of carbonyl (C=O) groups is 1. The Balaban J connectivity index is 3.13. The minimum absolute atomic E-state index is 0.0530. The third-order valence-electron chi connectivity index (χ3n) is 2.07. The minimum Gasteiger partial charge on any atom is -0.477 e. The van der Waals surface area contributed by atoms with Gasteiger partial charge < -0.3 is 14.8 Å². The minimum atomic E-state index is -1.14. The van der Waals surface area contributed by atoms with Gasteiger partial charge in [-0.25, -0.2) is 4.79 Å². The average molecular weight is 211 g/mol. The number of carboxylic acids is 1. The van der Waals surface area contributed by atoms with Crippen molar-refractivity contribution in [2.75, 3.05) is 6.61 Å². The molecule has 82 valence electrons. The smallest absolute Gasteiger partial charge is 0.352 e. The van der Waals surface area contributed by atoms with Crippen molar-refractivity contribution in [3.05, 3.63) is 34.2 Å². The van der Waals surface area contributed by atoms with Crippen LogP contribution in [0, 0.1) is 5.92 Å². The predicted octanol–water partition coefficient (Wildman–Crippen LogP) is 0.175. The average Bonchev–Trinajstić information content (AvgIpc) is 2.20. The number of rotatable bonds is 4. The van der Waals surface area contributed by atoms with Crippen molar-refractivity contribution in [2.45, 2.75) is 13.5 Å². The number of hydrogen-bond donors (Lipinski definition) is 2. The van der Waals surface area contributed by atoms with E-state index in [1.807, 2.05) is 0 Å². The van der Waals surface area contributed by atoms with E-state index >= 15 is 0 Å². The van der Waals surface area contributed by atoms with Crippen LogP contribution >= 0.6 is 0 Å². The van der Waals surface area contributed by atoms with Crippen molar-refractivity contribution in [1.29, 1.82) is 0 Å². The molecule has 0 aromatic carbocycles. The molecule has 1 aromatic heterocycles. The van der Waals surface area contributed by atoms with E-state index in [4.69, 9.17) is 10.2 Å². The van der Waals surface area contributed by atoms with E-state index in [9.17, 15) is 9.59 Å². The summed E-state index contributed by atoms with van der Waals surface area (Å²) < 4.78 is 1.16. The Hall–Kier alpha value is -1.62. The molecule has 0 fully saturated rings. The van der Waals surface area contributed by atoms with E-state index in [-0.39, 0.29) is 30.3 Å². The molecule has 0 bridgehead atoms. The summed E-state index contributed by atoms with van der Waals surface area (Å²) in [6.45, 7) is 1.86. The van der Waals surface area contributed by atoms with Gasteiger partial charge in [0.25, 0.3) is 5.56 Å². The van der Waals surface area contributed by atoms with Crippen LogP contribution in [0.3, 0.4) is 0 Å². The number of aromatic nitrogens is 1. The summed E-state index contributed by atoms with van der Waals surface area (Å²) >= 11 is 0. The Morgan fingerprint density at radius 3 is 2.73 bits per heavy atom. The fourth-order valence-corrected chi connectivity index (χ4v) is 1.26. The molecule has 1 atom stereocenters. The molecule has 2 N–H and O–H groups in total. The Labute approximate surface area is 86.6 Å². The highest BCUT2D eigenvalue weighted by Gasteiger charge is 2.12. The molecule has 0 saturated carbocycles. The first-order chi connectivity index (χ1) is 7.06. The number of aromatic carboxylic acids is 1. The topological polar surface area (TPSA) is 79.5 Å². The largest absolute Gasteiger partial charge is 0.477 e. The summed E-state index contributed by atoms with van der Waals surface area (Å²) in [6.07, 6.45) is 0. The number of hydrogen-bond acceptors (Lipinski definition) is 3. The summed E-state index contributed by atoms with van der Waals surface area (Å²) in [7, 11) is 0. The fraction of sp³-hybridized carbons (Fsp3) is 0.400. The lowest BCUT2D eigenvalue weighted by Crippen LogP contribution is -2.28. The molecule has 15 heavy (non-hydrogen) atoms. The maximum Gasteiger partial charge on any atom is 0.352 e. The van der Waals surface area contributed by atoms with Gasteiger partial charge in [0.2, 0.25) is 0 Å². The molecule has 0 aliphatic carbocycles. The van der Waals surface area contributed by atoms with Crippen LogP contribution in [0.5, 0.6) is 0 Å². The summed E-state index contributed by atoms with van der Waals surface area (Å²) in [6, 6.07) is 4.08. The second-order valence-corrected chi connectivity index (χ2v) is 3.45. The van der Waals surface area contributed by atoms with Gasteiger partial charge in [-0.2, -0.15) is 0 Å². The number of aliphatic hydroxyl groups excluding tert-OH is 1. The highest BCUT2D eigenvalue weighted by Crippen LogP contribution is 2.02. The van der Waals surface area contributed by atoms with E-state index < -0.39 is 5.97 Å². The molecule has 5 heteroatoms. The monoisotopic (exact) mass is 211 g/mol. The van der Waals surface area contributed by atoms with E-state index in [1.54, 1.807) is 6.92 Å². The Morgan fingerprint density at radius 2 is 2.20 bits per heavy atom. The number of pyridine rings is 1. The summed E-state index contributed by atoms with van der Waals surface area (Å²) in [5, 5.41) is 17.7. The molecule has 0 radical (unpaired) electrons. The number of aliphatic hydroxyl groups is 1. The van der Waals surface area contributed by atoms with Gasteiger partial charge in [0.15, 0.2) is 0 Å². The van der Waals surface area contributed by atoms with Gasteiger partial charge >= 0.3 is 5.97 Å². The lowest BCUT2D eigenvalue weighted by molar-refractivity contribution is 0.0680. The molecule has 1 heterocycles. The molecular formula is C10H13NO4. The Bertz CT molecular complexity index is 410. The predicted molar refractivity (Wildman–Crippen MR) is 53.9 cm³/mol. The van der Waals surface area contributed by atoms with Crippen LogP contribution in [0.1, 0.15) is 17.4 Å². The second kappa shape index (κ2) is 4.75. The molecule has 0 aliphatic rings. The molecule has 0 aliphatic heterocycles. The van der Waals surface area contributed by atoms with Crippen LogP contribution < -0.4 is 5.56 Å². The number of carboxylic acid groups (broad SMARTS) is 1. The maximum absolute atomic E-state index is 11.4. The van der Waals surface area contributed by atoms with E-state index in [2.05, 4.69) is 0 Å². The Morgan fingerprint density at radius 1 is 1.53 bits per heavy atom. The zero-order valence-corrected chi connectivity index (χ0v) is 8.38.